The molecule has 1 fully saturated rings. The molecule has 0 aliphatic carbocycles. The van der Waals surface area contributed by atoms with Gasteiger partial charge in [-0.15, -0.1) is 0 Å². The highest BCUT2D eigenvalue weighted by Crippen LogP contribution is 2.28. The number of anilines is 2. The van der Waals surface area contributed by atoms with Gasteiger partial charge in [0.25, 0.3) is 0 Å². The van der Waals surface area contributed by atoms with Crippen molar-refractivity contribution in [2.45, 2.75) is 6.54 Å². The van der Waals surface area contributed by atoms with Gasteiger partial charge in [0.2, 0.25) is 0 Å². The number of piperazine rings is 1. The van der Waals surface area contributed by atoms with Crippen molar-refractivity contribution in [2.75, 3.05) is 43.4 Å². The molecule has 0 bridgehead atoms. The minimum Gasteiger partial charge on any atom is -0.419 e. The molecule has 1 saturated heterocycles. The largest absolute Gasteiger partial charge is 0.419 e. The molecule has 0 amide bonds. The number of hydrogen-bond donors (Lipinski definition) is 1. The number of rotatable bonds is 4. The second kappa shape index (κ2) is 7.22. The zero-order valence-corrected chi connectivity index (χ0v) is 14.9. The summed E-state index contributed by atoms with van der Waals surface area (Å²) in [6.07, 6.45) is 0. The van der Waals surface area contributed by atoms with Crippen molar-refractivity contribution in [3.8, 4) is 0 Å². The molecule has 134 valence electrons. The molecule has 0 saturated carbocycles. The molecule has 0 radical (unpaired) electrons. The maximum absolute atomic E-state index is 12.1. The zero-order valence-electron chi connectivity index (χ0n) is 14.9. The molecule has 26 heavy (non-hydrogen) atoms. The summed E-state index contributed by atoms with van der Waals surface area (Å²) in [6, 6.07) is 18.5. The predicted molar refractivity (Wildman–Crippen MR) is 106 cm³/mol. The number of fused-ring (bicyclic) bond motifs is 1. The highest BCUT2D eigenvalue weighted by Gasteiger charge is 2.20. The normalized spacial score (nSPS) is 15.3. The Morgan fingerprint density at radius 1 is 1.00 bits per heavy atom. The quantitative estimate of drug-likeness (QED) is 0.733. The summed E-state index contributed by atoms with van der Waals surface area (Å²) in [5.41, 5.74) is 3.18. The molecule has 3 aromatic rings. The lowest BCUT2D eigenvalue weighted by molar-refractivity contribution is 0.250. The third kappa shape index (κ3) is 3.30. The van der Waals surface area contributed by atoms with E-state index in [2.05, 4.69) is 45.4 Å². The highest BCUT2D eigenvalue weighted by atomic mass is 16.4. The van der Waals surface area contributed by atoms with Gasteiger partial charge in [0.1, 0.15) is 5.69 Å². The molecule has 2 heterocycles. The molecule has 0 atom stereocenters. The van der Waals surface area contributed by atoms with Crippen LogP contribution in [0.25, 0.3) is 11.0 Å². The van der Waals surface area contributed by atoms with Gasteiger partial charge < -0.3 is 14.6 Å². The van der Waals surface area contributed by atoms with E-state index in [1.165, 1.54) is 5.56 Å². The fourth-order valence-corrected chi connectivity index (χ4v) is 3.54. The summed E-state index contributed by atoms with van der Waals surface area (Å²) in [4.78, 5) is 16.9. The van der Waals surface area contributed by atoms with Gasteiger partial charge in [-0.25, -0.2) is 4.79 Å². The summed E-state index contributed by atoms with van der Waals surface area (Å²) in [6.45, 7) is 4.80. The Hall–Kier alpha value is -2.79. The van der Waals surface area contributed by atoms with Crippen LogP contribution in [-0.4, -0.2) is 38.1 Å². The van der Waals surface area contributed by atoms with Crippen LogP contribution in [0.3, 0.4) is 0 Å². The van der Waals surface area contributed by atoms with Crippen LogP contribution in [0.4, 0.5) is 11.4 Å². The van der Waals surface area contributed by atoms with Crippen LogP contribution in [0, 0.1) is 0 Å². The van der Waals surface area contributed by atoms with E-state index in [1.54, 1.807) is 7.05 Å². The average molecular weight is 349 g/mol. The Morgan fingerprint density at radius 2 is 1.77 bits per heavy atom. The van der Waals surface area contributed by atoms with Crippen LogP contribution in [0.2, 0.25) is 0 Å². The van der Waals surface area contributed by atoms with Crippen molar-refractivity contribution in [3.05, 3.63) is 70.6 Å². The molecule has 5 nitrogen and oxygen atoms in total. The van der Waals surface area contributed by atoms with Crippen molar-refractivity contribution < 1.29 is 4.42 Å². The van der Waals surface area contributed by atoms with Gasteiger partial charge in [-0.05, 0) is 17.7 Å². The number of hydrogen-bond acceptors (Lipinski definition) is 5. The van der Waals surface area contributed by atoms with E-state index in [9.17, 15) is 4.79 Å². The summed E-state index contributed by atoms with van der Waals surface area (Å²) in [7, 11) is 1.73. The van der Waals surface area contributed by atoms with E-state index in [1.807, 2.05) is 24.3 Å². The molecule has 0 spiro atoms. The van der Waals surface area contributed by atoms with Gasteiger partial charge in [-0.2, -0.15) is 0 Å². The van der Waals surface area contributed by atoms with Crippen LogP contribution in [0.1, 0.15) is 5.56 Å². The molecule has 1 N–H and O–H groups in total. The van der Waals surface area contributed by atoms with Gasteiger partial charge >= 0.3 is 5.63 Å². The van der Waals surface area contributed by atoms with Crippen LogP contribution in [0.15, 0.2) is 63.8 Å². The predicted octanol–water partition coefficient (Wildman–Crippen LogP) is 3.16. The second-order valence-electron chi connectivity index (χ2n) is 6.64. The lowest BCUT2D eigenvalue weighted by Crippen LogP contribution is -2.46. The molecule has 1 aromatic heterocycles. The summed E-state index contributed by atoms with van der Waals surface area (Å²) in [5, 5.41) is 3.83. The number of nitrogens with one attached hydrogen (secondary N) is 1. The van der Waals surface area contributed by atoms with Crippen LogP contribution < -0.4 is 15.8 Å². The monoisotopic (exact) mass is 349 g/mol. The summed E-state index contributed by atoms with van der Waals surface area (Å²) < 4.78 is 5.62. The van der Waals surface area contributed by atoms with Crippen LogP contribution in [-0.2, 0) is 6.54 Å². The second-order valence-corrected chi connectivity index (χ2v) is 6.64. The molecule has 1 aliphatic rings. The lowest BCUT2D eigenvalue weighted by atomic mass is 10.1. The Balaban J connectivity index is 1.52. The first-order valence-electron chi connectivity index (χ1n) is 9.00. The van der Waals surface area contributed by atoms with E-state index in [0.717, 1.165) is 43.8 Å². The molecular weight excluding hydrogens is 326 g/mol. The van der Waals surface area contributed by atoms with E-state index in [4.69, 9.17) is 4.42 Å². The molecule has 0 unspecified atom stereocenters. The van der Waals surface area contributed by atoms with Gasteiger partial charge in [-0.1, -0.05) is 42.5 Å². The van der Waals surface area contributed by atoms with Gasteiger partial charge in [0.05, 0.1) is 5.69 Å². The summed E-state index contributed by atoms with van der Waals surface area (Å²) >= 11 is 0. The molecule has 1 aliphatic heterocycles. The minimum atomic E-state index is -0.324. The first kappa shape index (κ1) is 16.7. The van der Waals surface area contributed by atoms with Crippen molar-refractivity contribution >= 4 is 22.3 Å². The molecular formula is C21H23N3O2. The van der Waals surface area contributed by atoms with Gasteiger partial charge in [-0.3, -0.25) is 4.90 Å². The first-order valence-corrected chi connectivity index (χ1v) is 9.00. The third-order valence-electron chi connectivity index (χ3n) is 4.97. The van der Waals surface area contributed by atoms with Crippen LogP contribution >= 0.6 is 0 Å². The minimum absolute atomic E-state index is 0.324. The van der Waals surface area contributed by atoms with E-state index in [-0.39, 0.29) is 5.63 Å². The van der Waals surface area contributed by atoms with Crippen molar-refractivity contribution in [1.29, 1.82) is 0 Å². The lowest BCUT2D eigenvalue weighted by Gasteiger charge is -2.36. The maximum atomic E-state index is 12.1. The van der Waals surface area contributed by atoms with Gasteiger partial charge in [0.15, 0.2) is 5.58 Å². The average Bonchev–Trinajstić information content (AvgIpc) is 2.68. The number of nitrogens with zero attached hydrogens (tertiary/aromatic N) is 2. The topological polar surface area (TPSA) is 48.7 Å². The first-order chi connectivity index (χ1) is 12.7. The van der Waals surface area contributed by atoms with E-state index in [0.29, 0.717) is 11.3 Å². The fourth-order valence-electron chi connectivity index (χ4n) is 3.54. The van der Waals surface area contributed by atoms with Crippen molar-refractivity contribution in [1.82, 2.24) is 4.90 Å². The van der Waals surface area contributed by atoms with Crippen molar-refractivity contribution in [2.24, 2.45) is 0 Å². The summed E-state index contributed by atoms with van der Waals surface area (Å²) in [5.74, 6) is 0. The Morgan fingerprint density at radius 3 is 2.50 bits per heavy atom. The van der Waals surface area contributed by atoms with Crippen molar-refractivity contribution in [3.63, 3.8) is 0 Å². The Kier molecular flexibility index (Phi) is 4.63. The maximum Gasteiger partial charge on any atom is 0.359 e. The SMILES string of the molecule is CNc1cc2cccc(N3CCN(Cc4ccccc4)CC3)c2oc1=O. The molecule has 5 heteroatoms. The standard InChI is InChI=1S/C21H23N3O2/c1-22-18-14-17-8-5-9-19(20(17)26-21(18)25)24-12-10-23(11-13-24)15-16-6-3-2-4-7-16/h2-9,14,22H,10-13,15H2,1H3. The van der Waals surface area contributed by atoms with E-state index >= 15 is 0 Å². The fraction of sp³-hybridized carbons (Fsp3) is 0.286. The Bertz CT molecular complexity index is 944. The van der Waals surface area contributed by atoms with Crippen LogP contribution in [0.5, 0.6) is 0 Å². The Labute approximate surface area is 152 Å². The molecule has 4 rings (SSSR count). The molecule has 2 aromatic carbocycles. The highest BCUT2D eigenvalue weighted by molar-refractivity contribution is 5.90. The zero-order chi connectivity index (χ0) is 17.9. The van der Waals surface area contributed by atoms with E-state index < -0.39 is 0 Å². The number of benzene rings is 2. The third-order valence-corrected chi connectivity index (χ3v) is 4.97. The number of para-hydroxylation sites is 1. The van der Waals surface area contributed by atoms with Gasteiger partial charge in [0, 0.05) is 45.2 Å². The smallest absolute Gasteiger partial charge is 0.359 e.